The van der Waals surface area contributed by atoms with Crippen molar-refractivity contribution in [3.63, 3.8) is 0 Å². The molecule has 0 aliphatic carbocycles. The van der Waals surface area contributed by atoms with Gasteiger partial charge >= 0.3 is 0 Å². The van der Waals surface area contributed by atoms with E-state index in [4.69, 9.17) is 0 Å². The molecule has 5 heteroatoms. The molecule has 1 aliphatic rings. The molecule has 1 fully saturated rings. The molecule has 98 valence electrons. The first-order valence-corrected chi connectivity index (χ1v) is 6.34. The summed E-state index contributed by atoms with van der Waals surface area (Å²) in [6.07, 6.45) is 5.68. The van der Waals surface area contributed by atoms with E-state index in [-0.39, 0.29) is 5.91 Å². The summed E-state index contributed by atoms with van der Waals surface area (Å²) in [5.74, 6) is 0.0623. The van der Waals surface area contributed by atoms with E-state index in [0.717, 1.165) is 37.3 Å². The van der Waals surface area contributed by atoms with Crippen molar-refractivity contribution in [2.75, 3.05) is 30.4 Å². The lowest BCUT2D eigenvalue weighted by atomic mass is 10.0. The quantitative estimate of drug-likeness (QED) is 0.844. The lowest BCUT2D eigenvalue weighted by Crippen LogP contribution is -2.44. The summed E-state index contributed by atoms with van der Waals surface area (Å²) in [6, 6.07) is 2.42. The van der Waals surface area contributed by atoms with Crippen LogP contribution in [0.1, 0.15) is 19.8 Å². The molecule has 2 N–H and O–H groups in total. The molecule has 1 aromatic heterocycles. The topological polar surface area (TPSA) is 57.3 Å². The van der Waals surface area contributed by atoms with Crippen LogP contribution >= 0.6 is 0 Å². The average molecular weight is 248 g/mol. The summed E-state index contributed by atoms with van der Waals surface area (Å²) in [5, 5.41) is 6.08. The van der Waals surface area contributed by atoms with E-state index in [1.807, 2.05) is 19.4 Å². The molecule has 0 atom stereocenters. The number of anilines is 2. The minimum Gasteiger partial charge on any atom is -0.387 e. The van der Waals surface area contributed by atoms with Gasteiger partial charge in [0, 0.05) is 33.1 Å². The normalized spacial score (nSPS) is 16.4. The van der Waals surface area contributed by atoms with Crippen LogP contribution in [0.5, 0.6) is 0 Å². The lowest BCUT2D eigenvalue weighted by molar-refractivity contribution is -0.119. The first-order chi connectivity index (χ1) is 8.69. The van der Waals surface area contributed by atoms with Gasteiger partial charge in [-0.1, -0.05) is 0 Å². The second-order valence-corrected chi connectivity index (χ2v) is 4.64. The molecule has 0 spiro atoms. The summed E-state index contributed by atoms with van der Waals surface area (Å²) in [6.45, 7) is 3.49. The zero-order valence-corrected chi connectivity index (χ0v) is 10.9. The molecule has 18 heavy (non-hydrogen) atoms. The van der Waals surface area contributed by atoms with Gasteiger partial charge in [-0.25, -0.2) is 0 Å². The molecular weight excluding hydrogens is 228 g/mol. The standard InChI is InChI=1S/C13H20N4O/c1-10(18)16-11-3-5-17(6-4-11)13-7-12(14-2)8-15-9-13/h7-9,11,14H,3-6H2,1-2H3,(H,16,18). The Kier molecular flexibility index (Phi) is 4.02. The largest absolute Gasteiger partial charge is 0.387 e. The third-order valence-corrected chi connectivity index (χ3v) is 3.28. The molecule has 2 rings (SSSR count). The second-order valence-electron chi connectivity index (χ2n) is 4.64. The lowest BCUT2D eigenvalue weighted by Gasteiger charge is -2.33. The zero-order chi connectivity index (χ0) is 13.0. The van der Waals surface area contributed by atoms with Crippen LogP contribution in [0, 0.1) is 0 Å². The molecule has 0 saturated carbocycles. The Hall–Kier alpha value is -1.78. The Labute approximate surface area is 108 Å². The van der Waals surface area contributed by atoms with E-state index < -0.39 is 0 Å². The average Bonchev–Trinajstić information content (AvgIpc) is 2.39. The minimum atomic E-state index is 0.0623. The van der Waals surface area contributed by atoms with E-state index in [0.29, 0.717) is 6.04 Å². The van der Waals surface area contributed by atoms with Gasteiger partial charge in [0.25, 0.3) is 0 Å². The molecule has 0 bridgehead atoms. The van der Waals surface area contributed by atoms with E-state index in [9.17, 15) is 4.79 Å². The van der Waals surface area contributed by atoms with Crippen molar-refractivity contribution < 1.29 is 4.79 Å². The van der Waals surface area contributed by atoms with Crippen molar-refractivity contribution in [2.24, 2.45) is 0 Å². The van der Waals surface area contributed by atoms with Crippen LogP contribution in [-0.2, 0) is 4.79 Å². The third kappa shape index (κ3) is 3.12. The van der Waals surface area contributed by atoms with Gasteiger partial charge in [-0.15, -0.1) is 0 Å². The smallest absolute Gasteiger partial charge is 0.217 e. The van der Waals surface area contributed by atoms with E-state index in [2.05, 4.69) is 26.6 Å². The molecular formula is C13H20N4O. The Morgan fingerprint density at radius 2 is 2.11 bits per heavy atom. The Bertz CT molecular complexity index is 413. The van der Waals surface area contributed by atoms with Crippen molar-refractivity contribution in [3.05, 3.63) is 18.5 Å². The van der Waals surface area contributed by atoms with Gasteiger partial charge < -0.3 is 15.5 Å². The molecule has 0 aromatic carbocycles. The van der Waals surface area contributed by atoms with Crippen molar-refractivity contribution in [1.82, 2.24) is 10.3 Å². The number of amides is 1. The van der Waals surface area contributed by atoms with Gasteiger partial charge in [0.2, 0.25) is 5.91 Å². The zero-order valence-electron chi connectivity index (χ0n) is 10.9. The number of piperidine rings is 1. The maximum absolute atomic E-state index is 11.0. The highest BCUT2D eigenvalue weighted by molar-refractivity contribution is 5.73. The van der Waals surface area contributed by atoms with Crippen molar-refractivity contribution in [1.29, 1.82) is 0 Å². The maximum Gasteiger partial charge on any atom is 0.217 e. The maximum atomic E-state index is 11.0. The number of pyridine rings is 1. The number of rotatable bonds is 3. The molecule has 1 saturated heterocycles. The number of nitrogens with one attached hydrogen (secondary N) is 2. The van der Waals surface area contributed by atoms with Gasteiger partial charge in [-0.2, -0.15) is 0 Å². The Balaban J connectivity index is 1.94. The van der Waals surface area contributed by atoms with Crippen LogP contribution in [-0.4, -0.2) is 37.1 Å². The van der Waals surface area contributed by atoms with E-state index >= 15 is 0 Å². The SMILES string of the molecule is CNc1cncc(N2CCC(NC(C)=O)CC2)c1. The van der Waals surface area contributed by atoms with E-state index in [1.165, 1.54) is 0 Å². The Morgan fingerprint density at radius 3 is 2.72 bits per heavy atom. The van der Waals surface area contributed by atoms with Crippen LogP contribution in [0.25, 0.3) is 0 Å². The first kappa shape index (κ1) is 12.7. The molecule has 5 nitrogen and oxygen atoms in total. The molecule has 1 aromatic rings. The molecule has 2 heterocycles. The molecule has 1 amide bonds. The summed E-state index contributed by atoms with van der Waals surface area (Å²) in [4.78, 5) is 17.5. The van der Waals surface area contributed by atoms with Crippen LogP contribution < -0.4 is 15.5 Å². The number of nitrogens with zero attached hydrogens (tertiary/aromatic N) is 2. The predicted molar refractivity (Wildman–Crippen MR) is 72.8 cm³/mol. The van der Waals surface area contributed by atoms with Crippen LogP contribution in [0.15, 0.2) is 18.5 Å². The molecule has 0 radical (unpaired) electrons. The second kappa shape index (κ2) is 5.71. The van der Waals surface area contributed by atoms with Crippen molar-refractivity contribution in [2.45, 2.75) is 25.8 Å². The number of hydrogen-bond donors (Lipinski definition) is 2. The molecule has 1 aliphatic heterocycles. The van der Waals surface area contributed by atoms with E-state index in [1.54, 1.807) is 6.92 Å². The van der Waals surface area contributed by atoms with Crippen LogP contribution in [0.3, 0.4) is 0 Å². The van der Waals surface area contributed by atoms with Gasteiger partial charge in [-0.3, -0.25) is 9.78 Å². The minimum absolute atomic E-state index is 0.0623. The van der Waals surface area contributed by atoms with Gasteiger partial charge in [0.1, 0.15) is 0 Å². The summed E-state index contributed by atoms with van der Waals surface area (Å²) in [7, 11) is 1.89. The van der Waals surface area contributed by atoms with Gasteiger partial charge in [0.05, 0.1) is 23.8 Å². The van der Waals surface area contributed by atoms with Crippen molar-refractivity contribution in [3.8, 4) is 0 Å². The Morgan fingerprint density at radius 1 is 1.39 bits per heavy atom. The summed E-state index contributed by atoms with van der Waals surface area (Å²) >= 11 is 0. The number of hydrogen-bond acceptors (Lipinski definition) is 4. The van der Waals surface area contributed by atoms with Gasteiger partial charge in [0.15, 0.2) is 0 Å². The van der Waals surface area contributed by atoms with Crippen LogP contribution in [0.4, 0.5) is 11.4 Å². The predicted octanol–water partition coefficient (Wildman–Crippen LogP) is 1.23. The first-order valence-electron chi connectivity index (χ1n) is 6.34. The third-order valence-electron chi connectivity index (χ3n) is 3.28. The number of carbonyl (C=O) groups is 1. The highest BCUT2D eigenvalue weighted by atomic mass is 16.1. The summed E-state index contributed by atoms with van der Waals surface area (Å²) < 4.78 is 0. The monoisotopic (exact) mass is 248 g/mol. The van der Waals surface area contributed by atoms with Crippen molar-refractivity contribution >= 4 is 17.3 Å². The fourth-order valence-corrected chi connectivity index (χ4v) is 2.31. The highest BCUT2D eigenvalue weighted by Gasteiger charge is 2.20. The fraction of sp³-hybridized carbons (Fsp3) is 0.538. The number of carbonyl (C=O) groups excluding carboxylic acids is 1. The van der Waals surface area contributed by atoms with Gasteiger partial charge in [-0.05, 0) is 18.9 Å². The van der Waals surface area contributed by atoms with Crippen LogP contribution in [0.2, 0.25) is 0 Å². The highest BCUT2D eigenvalue weighted by Crippen LogP contribution is 2.21. The fourth-order valence-electron chi connectivity index (χ4n) is 2.31. The number of aromatic nitrogens is 1. The molecule has 0 unspecified atom stereocenters. The summed E-state index contributed by atoms with van der Waals surface area (Å²) in [5.41, 5.74) is 2.17.